The molecule has 1 aromatic carbocycles. The number of aromatic nitrogens is 2. The van der Waals surface area contributed by atoms with Gasteiger partial charge in [0.25, 0.3) is 0 Å². The summed E-state index contributed by atoms with van der Waals surface area (Å²) in [6, 6.07) is 6.56. The average molecular weight is 383 g/mol. The molecule has 0 bridgehead atoms. The molecule has 2 aromatic rings. The first-order chi connectivity index (χ1) is 13.4. The van der Waals surface area contributed by atoms with Gasteiger partial charge >= 0.3 is 5.97 Å². The maximum absolute atomic E-state index is 12.5. The van der Waals surface area contributed by atoms with Gasteiger partial charge in [0.1, 0.15) is 0 Å². The van der Waals surface area contributed by atoms with Crippen LogP contribution in [0.4, 0.5) is 5.69 Å². The lowest BCUT2D eigenvalue weighted by molar-refractivity contribution is -0.152. The summed E-state index contributed by atoms with van der Waals surface area (Å²) < 4.78 is 1.65. The molecule has 1 fully saturated rings. The summed E-state index contributed by atoms with van der Waals surface area (Å²) in [5, 5.41) is 12.5. The number of amides is 1. The fourth-order valence-corrected chi connectivity index (χ4v) is 3.80. The molecule has 1 aliphatic carbocycles. The molecule has 1 aliphatic rings. The lowest BCUT2D eigenvalue weighted by Crippen LogP contribution is -2.35. The largest absolute Gasteiger partial charge is 0.481 e. The molecule has 0 aliphatic heterocycles. The highest BCUT2D eigenvalue weighted by atomic mass is 16.4. The van der Waals surface area contributed by atoms with E-state index in [9.17, 15) is 19.5 Å². The van der Waals surface area contributed by atoms with Crippen molar-refractivity contribution in [3.05, 3.63) is 48.0 Å². The molecule has 28 heavy (non-hydrogen) atoms. The summed E-state index contributed by atoms with van der Waals surface area (Å²) in [5.41, 5.74) is 0.0305. The Bertz CT molecular complexity index is 862. The molecular weight excluding hydrogens is 358 g/mol. The molecule has 1 aromatic heterocycles. The molecule has 0 atom stereocenters. The van der Waals surface area contributed by atoms with Crippen molar-refractivity contribution in [2.45, 2.75) is 44.9 Å². The highest BCUT2D eigenvalue weighted by molar-refractivity contribution is 6.07. The van der Waals surface area contributed by atoms with E-state index < -0.39 is 11.4 Å². The zero-order chi connectivity index (χ0) is 20.1. The van der Waals surface area contributed by atoms with Gasteiger partial charge in [0.15, 0.2) is 5.82 Å². The van der Waals surface area contributed by atoms with Crippen molar-refractivity contribution in [3.8, 4) is 0 Å². The van der Waals surface area contributed by atoms with Crippen LogP contribution in [0.25, 0.3) is 0 Å². The van der Waals surface area contributed by atoms with Gasteiger partial charge in [-0.2, -0.15) is 0 Å². The van der Waals surface area contributed by atoms with E-state index >= 15 is 0 Å². The van der Waals surface area contributed by atoms with Crippen molar-refractivity contribution >= 4 is 23.3 Å². The molecule has 1 heterocycles. The van der Waals surface area contributed by atoms with Crippen LogP contribution in [-0.2, 0) is 16.6 Å². The number of nitrogens with zero attached hydrogens (tertiary/aromatic N) is 2. The first kappa shape index (κ1) is 19.8. The predicted molar refractivity (Wildman–Crippen MR) is 104 cm³/mol. The zero-order valence-corrected chi connectivity index (χ0v) is 16.0. The number of hydrogen-bond donors (Lipinski definition) is 2. The Morgan fingerprint density at radius 1 is 1.11 bits per heavy atom. The number of nitrogens with one attached hydrogen (secondary N) is 1. The van der Waals surface area contributed by atoms with Crippen LogP contribution in [0.2, 0.25) is 0 Å². The van der Waals surface area contributed by atoms with E-state index in [2.05, 4.69) is 10.3 Å². The van der Waals surface area contributed by atoms with Crippen LogP contribution in [0.1, 0.15) is 61.1 Å². The number of aryl methyl sites for hydroxylation is 1. The fourth-order valence-electron chi connectivity index (χ4n) is 3.80. The predicted octanol–water partition coefficient (Wildman–Crippen LogP) is 3.40. The van der Waals surface area contributed by atoms with Crippen LogP contribution in [0, 0.1) is 5.41 Å². The van der Waals surface area contributed by atoms with Crippen molar-refractivity contribution in [2.24, 2.45) is 12.5 Å². The molecule has 7 nitrogen and oxygen atoms in total. The van der Waals surface area contributed by atoms with Crippen molar-refractivity contribution in [1.82, 2.24) is 9.55 Å². The summed E-state index contributed by atoms with van der Waals surface area (Å²) in [6.07, 6.45) is 8.01. The van der Waals surface area contributed by atoms with Gasteiger partial charge in [-0.1, -0.05) is 25.7 Å². The number of rotatable bonds is 6. The molecule has 0 unspecified atom stereocenters. The van der Waals surface area contributed by atoms with E-state index in [0.717, 1.165) is 25.7 Å². The number of anilines is 1. The summed E-state index contributed by atoms with van der Waals surface area (Å²) in [5.74, 6) is -1.06. The number of carbonyl (C=O) groups excluding carboxylic acids is 2. The summed E-state index contributed by atoms with van der Waals surface area (Å²) >= 11 is 0. The number of carboxylic acids is 1. The second-order valence-corrected chi connectivity index (χ2v) is 7.49. The Morgan fingerprint density at radius 2 is 1.75 bits per heavy atom. The van der Waals surface area contributed by atoms with Crippen LogP contribution >= 0.6 is 0 Å². The Hall–Kier alpha value is -2.96. The molecular formula is C21H25N3O4. The lowest BCUT2D eigenvalue weighted by atomic mass is 9.77. The number of aliphatic carboxylic acids is 1. The number of carbonyl (C=O) groups is 3. The van der Waals surface area contributed by atoms with E-state index in [4.69, 9.17) is 0 Å². The third-order valence-electron chi connectivity index (χ3n) is 5.47. The van der Waals surface area contributed by atoms with Crippen LogP contribution < -0.4 is 5.32 Å². The maximum Gasteiger partial charge on any atom is 0.310 e. The Labute approximate surface area is 163 Å². The number of imidazole rings is 1. The van der Waals surface area contributed by atoms with Crippen LogP contribution in [0.15, 0.2) is 36.7 Å². The molecule has 2 N–H and O–H groups in total. The van der Waals surface area contributed by atoms with E-state index in [1.54, 1.807) is 48.3 Å². The third kappa shape index (κ3) is 4.30. The normalized spacial score (nSPS) is 16.2. The molecule has 0 radical (unpaired) electrons. The minimum atomic E-state index is -0.977. The molecule has 1 amide bonds. The Kier molecular flexibility index (Phi) is 5.92. The zero-order valence-electron chi connectivity index (χ0n) is 16.0. The quantitative estimate of drug-likeness (QED) is 0.588. The second-order valence-electron chi connectivity index (χ2n) is 7.49. The SMILES string of the molecule is Cn1ccnc1C(=O)c1ccc(NC(=O)CC2(C(=O)O)CCCCCC2)cc1. The van der Waals surface area contributed by atoms with E-state index in [1.165, 1.54) is 0 Å². The van der Waals surface area contributed by atoms with Crippen molar-refractivity contribution in [3.63, 3.8) is 0 Å². The second kappa shape index (κ2) is 8.37. The van der Waals surface area contributed by atoms with Gasteiger partial charge in [-0.05, 0) is 37.1 Å². The van der Waals surface area contributed by atoms with Crippen molar-refractivity contribution < 1.29 is 19.5 Å². The van der Waals surface area contributed by atoms with Crippen LogP contribution in [0.3, 0.4) is 0 Å². The van der Waals surface area contributed by atoms with E-state index in [1.807, 2.05) is 0 Å². The Balaban J connectivity index is 1.66. The average Bonchev–Trinajstić information content (AvgIpc) is 2.95. The van der Waals surface area contributed by atoms with Gasteiger partial charge in [-0.3, -0.25) is 14.4 Å². The maximum atomic E-state index is 12.5. The van der Waals surface area contributed by atoms with Crippen LogP contribution in [0.5, 0.6) is 0 Å². The molecule has 148 valence electrons. The smallest absolute Gasteiger partial charge is 0.310 e. The van der Waals surface area contributed by atoms with Crippen molar-refractivity contribution in [1.29, 1.82) is 0 Å². The van der Waals surface area contributed by atoms with Gasteiger partial charge in [-0.25, -0.2) is 4.98 Å². The van der Waals surface area contributed by atoms with Gasteiger partial charge in [0.05, 0.1) is 5.41 Å². The molecule has 7 heteroatoms. The topological polar surface area (TPSA) is 101 Å². The van der Waals surface area contributed by atoms with Gasteiger partial charge < -0.3 is 15.0 Å². The van der Waals surface area contributed by atoms with Gasteiger partial charge in [0, 0.05) is 37.1 Å². The van der Waals surface area contributed by atoms with Gasteiger partial charge in [-0.15, -0.1) is 0 Å². The van der Waals surface area contributed by atoms with E-state index in [-0.39, 0.29) is 18.1 Å². The molecule has 0 saturated heterocycles. The minimum absolute atomic E-state index is 0.0315. The molecule has 3 rings (SSSR count). The van der Waals surface area contributed by atoms with Crippen molar-refractivity contribution in [2.75, 3.05) is 5.32 Å². The highest BCUT2D eigenvalue weighted by Gasteiger charge is 2.40. The lowest BCUT2D eigenvalue weighted by Gasteiger charge is -2.27. The summed E-state index contributed by atoms with van der Waals surface area (Å²) in [7, 11) is 1.75. The molecule has 1 saturated carbocycles. The monoisotopic (exact) mass is 383 g/mol. The summed E-state index contributed by atoms with van der Waals surface area (Å²) in [4.78, 5) is 40.8. The number of hydrogen-bond acceptors (Lipinski definition) is 4. The number of benzene rings is 1. The van der Waals surface area contributed by atoms with E-state index in [0.29, 0.717) is 29.9 Å². The molecule has 0 spiro atoms. The number of ketones is 1. The third-order valence-corrected chi connectivity index (χ3v) is 5.47. The standard InChI is InChI=1S/C21H25N3O4/c1-24-13-12-22-19(24)18(26)15-6-8-16(9-7-15)23-17(25)14-21(20(27)28)10-4-2-3-5-11-21/h6-9,12-13H,2-5,10-11,14H2,1H3,(H,23,25)(H,27,28). The highest BCUT2D eigenvalue weighted by Crippen LogP contribution is 2.38. The van der Waals surface area contributed by atoms with Gasteiger partial charge in [0.2, 0.25) is 11.7 Å². The Morgan fingerprint density at radius 3 is 2.29 bits per heavy atom. The first-order valence-electron chi connectivity index (χ1n) is 9.57. The van der Waals surface area contributed by atoms with Crippen LogP contribution in [-0.4, -0.2) is 32.3 Å². The minimum Gasteiger partial charge on any atom is -0.481 e. The fraction of sp³-hybridized carbons (Fsp3) is 0.429. The first-order valence-corrected chi connectivity index (χ1v) is 9.57. The summed E-state index contributed by atoms with van der Waals surface area (Å²) in [6.45, 7) is 0. The number of carboxylic acid groups (broad SMARTS) is 1.